The number of aromatic nitrogens is 1. The van der Waals surface area contributed by atoms with Gasteiger partial charge in [-0.25, -0.2) is 9.78 Å². The molecule has 3 heterocycles. The molecule has 0 bridgehead atoms. The third-order valence-corrected chi connectivity index (χ3v) is 3.51. The summed E-state index contributed by atoms with van der Waals surface area (Å²) in [6.45, 7) is 0.695. The molecule has 21 heavy (non-hydrogen) atoms. The van der Waals surface area contributed by atoms with E-state index >= 15 is 0 Å². The zero-order valence-electron chi connectivity index (χ0n) is 11.9. The number of carbonyl (C=O) groups excluding carboxylic acids is 1. The average molecular weight is 284 g/mol. The molecule has 2 aliphatic rings. The van der Waals surface area contributed by atoms with E-state index in [2.05, 4.69) is 15.3 Å². The number of aliphatic imine (C=N–C) groups is 1. The molecule has 0 saturated carbocycles. The number of amidine groups is 1. The van der Waals surface area contributed by atoms with Crippen LogP contribution in [0.3, 0.4) is 0 Å². The van der Waals surface area contributed by atoms with E-state index in [1.165, 1.54) is 7.11 Å². The van der Waals surface area contributed by atoms with Crippen LogP contribution in [0.4, 0.5) is 5.82 Å². The predicted molar refractivity (Wildman–Crippen MR) is 79.9 cm³/mol. The van der Waals surface area contributed by atoms with Gasteiger partial charge in [-0.2, -0.15) is 0 Å². The van der Waals surface area contributed by atoms with Crippen LogP contribution < -0.4 is 5.32 Å². The molecule has 0 fully saturated rings. The summed E-state index contributed by atoms with van der Waals surface area (Å²) in [5.41, 5.74) is 1.58. The van der Waals surface area contributed by atoms with Crippen molar-refractivity contribution in [3.8, 4) is 0 Å². The van der Waals surface area contributed by atoms with E-state index in [0.717, 1.165) is 17.2 Å². The minimum atomic E-state index is -0.339. The molecule has 1 aromatic rings. The van der Waals surface area contributed by atoms with Crippen LogP contribution >= 0.6 is 0 Å². The van der Waals surface area contributed by atoms with Crippen LogP contribution in [0.15, 0.2) is 47.2 Å². The highest BCUT2D eigenvalue weighted by Gasteiger charge is 2.27. The van der Waals surface area contributed by atoms with Gasteiger partial charge in [-0.3, -0.25) is 4.99 Å². The Morgan fingerprint density at radius 2 is 2.29 bits per heavy atom. The van der Waals surface area contributed by atoms with Crippen LogP contribution in [0.2, 0.25) is 0 Å². The second-order valence-corrected chi connectivity index (χ2v) is 4.79. The first-order chi connectivity index (χ1) is 10.2. The number of hydrogen-bond acceptors (Lipinski definition) is 6. The van der Waals surface area contributed by atoms with Crippen LogP contribution in [0.1, 0.15) is 11.6 Å². The van der Waals surface area contributed by atoms with E-state index in [9.17, 15) is 4.79 Å². The van der Waals surface area contributed by atoms with Crippen molar-refractivity contribution in [1.29, 1.82) is 0 Å². The van der Waals surface area contributed by atoms with E-state index in [0.29, 0.717) is 12.1 Å². The van der Waals surface area contributed by atoms with Crippen LogP contribution in [0.5, 0.6) is 0 Å². The molecule has 1 aromatic heterocycles. The smallest absolute Gasteiger partial charge is 0.339 e. The largest absolute Gasteiger partial charge is 0.465 e. The zero-order chi connectivity index (χ0) is 14.8. The summed E-state index contributed by atoms with van der Waals surface area (Å²) in [5.74, 6) is 1.34. The fraction of sp³-hybridized carbons (Fsp3) is 0.267. The molecule has 1 unspecified atom stereocenters. The lowest BCUT2D eigenvalue weighted by molar-refractivity contribution is -0.135. The Kier molecular flexibility index (Phi) is 3.43. The Balaban J connectivity index is 1.79. The fourth-order valence-electron chi connectivity index (χ4n) is 2.36. The lowest BCUT2D eigenvalue weighted by atomic mass is 10.1. The summed E-state index contributed by atoms with van der Waals surface area (Å²) in [7, 11) is 3.21. The number of pyridine rings is 1. The van der Waals surface area contributed by atoms with Crippen molar-refractivity contribution in [2.45, 2.75) is 6.04 Å². The lowest BCUT2D eigenvalue weighted by Gasteiger charge is -2.18. The maximum absolute atomic E-state index is 11.6. The molecule has 0 radical (unpaired) electrons. The first-order valence-electron chi connectivity index (χ1n) is 6.67. The van der Waals surface area contributed by atoms with Gasteiger partial charge in [-0.15, -0.1) is 0 Å². The number of fused-ring (bicyclic) bond motifs is 1. The second-order valence-electron chi connectivity index (χ2n) is 4.79. The number of esters is 1. The molecule has 0 saturated heterocycles. The van der Waals surface area contributed by atoms with Gasteiger partial charge in [-0.1, -0.05) is 6.07 Å². The van der Waals surface area contributed by atoms with Crippen molar-refractivity contribution in [3.63, 3.8) is 0 Å². The van der Waals surface area contributed by atoms with Crippen molar-refractivity contribution in [1.82, 2.24) is 9.88 Å². The van der Waals surface area contributed by atoms with Gasteiger partial charge in [0.1, 0.15) is 11.7 Å². The summed E-state index contributed by atoms with van der Waals surface area (Å²) in [5, 5.41) is 2.99. The highest BCUT2D eigenvalue weighted by molar-refractivity contribution is 6.02. The average Bonchev–Trinajstić information content (AvgIpc) is 2.97. The molecule has 6 nitrogen and oxygen atoms in total. The molecule has 0 aromatic carbocycles. The van der Waals surface area contributed by atoms with Crippen molar-refractivity contribution in [2.24, 2.45) is 4.99 Å². The summed E-state index contributed by atoms with van der Waals surface area (Å²) >= 11 is 0. The molecule has 1 N–H and O–H groups in total. The Bertz CT molecular complexity index is 646. The number of nitrogens with one attached hydrogen (secondary N) is 1. The molecule has 1 atom stereocenters. The number of anilines is 1. The van der Waals surface area contributed by atoms with Crippen molar-refractivity contribution in [2.75, 3.05) is 26.0 Å². The maximum Gasteiger partial charge on any atom is 0.339 e. The Morgan fingerprint density at radius 1 is 1.43 bits per heavy atom. The summed E-state index contributed by atoms with van der Waals surface area (Å²) in [6, 6.07) is 3.97. The fourth-order valence-corrected chi connectivity index (χ4v) is 2.36. The summed E-state index contributed by atoms with van der Waals surface area (Å²) in [6.07, 6.45) is 7.17. The van der Waals surface area contributed by atoms with Crippen LogP contribution in [0, 0.1) is 0 Å². The van der Waals surface area contributed by atoms with E-state index in [1.807, 2.05) is 36.4 Å². The summed E-state index contributed by atoms with van der Waals surface area (Å²) in [4.78, 5) is 22.5. The molecule has 0 spiro atoms. The molecular formula is C15H16N4O2. The Hall–Kier alpha value is -2.63. The van der Waals surface area contributed by atoms with Gasteiger partial charge in [0, 0.05) is 19.4 Å². The van der Waals surface area contributed by atoms with Gasteiger partial charge < -0.3 is 15.0 Å². The monoisotopic (exact) mass is 284 g/mol. The third kappa shape index (κ3) is 2.52. The number of methoxy groups -OCH3 is 1. The number of rotatable bonds is 3. The van der Waals surface area contributed by atoms with E-state index in [4.69, 9.17) is 4.74 Å². The second kappa shape index (κ2) is 5.40. The molecular weight excluding hydrogens is 268 g/mol. The minimum Gasteiger partial charge on any atom is -0.465 e. The van der Waals surface area contributed by atoms with E-state index < -0.39 is 0 Å². The third-order valence-electron chi connectivity index (χ3n) is 3.51. The Morgan fingerprint density at radius 3 is 2.95 bits per heavy atom. The molecule has 108 valence electrons. The van der Waals surface area contributed by atoms with Gasteiger partial charge in [0.2, 0.25) is 0 Å². The van der Waals surface area contributed by atoms with Crippen LogP contribution in [0.25, 0.3) is 0 Å². The SMILES string of the molecule is CNc1ccc(C2CN3C=C(C(=O)OC)C=CC3=N2)cn1. The topological polar surface area (TPSA) is 66.8 Å². The first-order valence-corrected chi connectivity index (χ1v) is 6.67. The lowest BCUT2D eigenvalue weighted by Crippen LogP contribution is -2.25. The van der Waals surface area contributed by atoms with Crippen molar-refractivity contribution in [3.05, 3.63) is 47.8 Å². The van der Waals surface area contributed by atoms with Gasteiger partial charge >= 0.3 is 5.97 Å². The Labute approximate surface area is 122 Å². The normalized spacial score (nSPS) is 19.7. The predicted octanol–water partition coefficient (Wildman–Crippen LogP) is 1.51. The number of ether oxygens (including phenoxy) is 1. The number of nitrogens with zero attached hydrogens (tertiary/aromatic N) is 3. The molecule has 0 aliphatic carbocycles. The minimum absolute atomic E-state index is 0.0244. The molecule has 6 heteroatoms. The molecule has 2 aliphatic heterocycles. The van der Waals surface area contributed by atoms with Gasteiger partial charge in [0.25, 0.3) is 0 Å². The van der Waals surface area contributed by atoms with Crippen LogP contribution in [-0.2, 0) is 9.53 Å². The number of hydrogen-bond donors (Lipinski definition) is 1. The maximum atomic E-state index is 11.6. The van der Waals surface area contributed by atoms with E-state index in [1.54, 1.807) is 12.3 Å². The van der Waals surface area contributed by atoms with Crippen LogP contribution in [-0.4, -0.2) is 42.4 Å². The van der Waals surface area contributed by atoms with E-state index in [-0.39, 0.29) is 12.0 Å². The van der Waals surface area contributed by atoms with Gasteiger partial charge in [0.05, 0.1) is 25.3 Å². The van der Waals surface area contributed by atoms with Gasteiger partial charge in [-0.05, 0) is 23.8 Å². The van der Waals surface area contributed by atoms with Gasteiger partial charge in [0.15, 0.2) is 0 Å². The standard InChI is InChI=1S/C15H16N4O2/c1-16-13-5-3-10(7-17-13)12-9-19-8-11(15(20)21-2)4-6-14(19)18-12/h3-8,12H,9H2,1-2H3,(H,16,17). The molecule has 0 amide bonds. The molecule has 3 rings (SSSR count). The first kappa shape index (κ1) is 13.4. The summed E-state index contributed by atoms with van der Waals surface area (Å²) < 4.78 is 4.73. The zero-order valence-corrected chi connectivity index (χ0v) is 11.9. The number of carbonyl (C=O) groups is 1. The highest BCUT2D eigenvalue weighted by Crippen LogP contribution is 2.28. The van der Waals surface area contributed by atoms with Crippen molar-refractivity contribution < 1.29 is 9.53 Å². The highest BCUT2D eigenvalue weighted by atomic mass is 16.5. The quantitative estimate of drug-likeness (QED) is 0.852. The van der Waals surface area contributed by atoms with Crippen molar-refractivity contribution >= 4 is 17.6 Å².